The number of carbonyl (C=O) groups is 4. The lowest BCUT2D eigenvalue weighted by Gasteiger charge is -2.00. The Morgan fingerprint density at radius 2 is 1.25 bits per heavy atom. The average molecular weight is 400 g/mol. The summed E-state index contributed by atoms with van der Waals surface area (Å²) in [6.07, 6.45) is 6.91. The molecule has 0 aromatic carbocycles. The van der Waals surface area contributed by atoms with Crippen molar-refractivity contribution in [3.63, 3.8) is 0 Å². The summed E-state index contributed by atoms with van der Waals surface area (Å²) in [7, 11) is 0. The van der Waals surface area contributed by atoms with Crippen LogP contribution in [0.5, 0.6) is 0 Å². The Hall–Kier alpha value is -2.90. The van der Waals surface area contributed by atoms with E-state index in [1.165, 1.54) is 13.8 Å². The monoisotopic (exact) mass is 400 g/mol. The van der Waals surface area contributed by atoms with Gasteiger partial charge in [-0.3, -0.25) is 4.79 Å². The van der Waals surface area contributed by atoms with Crippen LogP contribution < -0.4 is 0 Å². The van der Waals surface area contributed by atoms with Crippen molar-refractivity contribution >= 4 is 23.9 Å². The van der Waals surface area contributed by atoms with Gasteiger partial charge in [0.25, 0.3) is 0 Å². The number of rotatable bonds is 10. The van der Waals surface area contributed by atoms with Gasteiger partial charge >= 0.3 is 23.9 Å². The van der Waals surface area contributed by atoms with Crippen molar-refractivity contribution in [3.05, 3.63) is 37.1 Å². The van der Waals surface area contributed by atoms with Crippen LogP contribution in [0.3, 0.4) is 0 Å². The number of esters is 3. The molecule has 160 valence electrons. The smallest absolute Gasteiger partial charge is 0.331 e. The summed E-state index contributed by atoms with van der Waals surface area (Å²) in [6.45, 7) is 13.9. The van der Waals surface area contributed by atoms with Crippen molar-refractivity contribution in [1.82, 2.24) is 0 Å². The molecular formula is C20H32O8. The van der Waals surface area contributed by atoms with E-state index in [0.29, 0.717) is 13.2 Å². The van der Waals surface area contributed by atoms with Gasteiger partial charge in [-0.05, 0) is 19.8 Å². The summed E-state index contributed by atoms with van der Waals surface area (Å²) in [5.74, 6) is -2.26. The molecule has 0 aliphatic rings. The second kappa shape index (κ2) is 22.1. The summed E-state index contributed by atoms with van der Waals surface area (Å²) in [6, 6.07) is 0. The lowest BCUT2D eigenvalue weighted by molar-refractivity contribution is -0.140. The number of hydrogen-bond donors (Lipinski definition) is 1. The molecular weight excluding hydrogens is 368 g/mol. The standard InChI is InChI=1S/C12H20O4.2C4H6O2/c1-3-5-9-15-11(13)7-8-12(14)16-10-6-4-2;1-3-6-4(2)5;1-3(2)4(5)6/h7-8H,3-6,9-10H2,1-2H3;3H,1H2,2H3;1H2,2H3,(H,5,6)/b8-7+;;. The number of carboxylic acid groups (broad SMARTS) is 1. The molecule has 0 amide bonds. The zero-order valence-corrected chi connectivity index (χ0v) is 17.2. The lowest BCUT2D eigenvalue weighted by Crippen LogP contribution is -2.05. The largest absolute Gasteiger partial charge is 0.478 e. The zero-order valence-electron chi connectivity index (χ0n) is 17.2. The highest BCUT2D eigenvalue weighted by Crippen LogP contribution is 1.92. The van der Waals surface area contributed by atoms with E-state index in [1.54, 1.807) is 0 Å². The third kappa shape index (κ3) is 30.9. The molecule has 0 saturated heterocycles. The molecule has 1 N–H and O–H groups in total. The second-order valence-electron chi connectivity index (χ2n) is 5.24. The van der Waals surface area contributed by atoms with Gasteiger partial charge in [-0.25, -0.2) is 14.4 Å². The van der Waals surface area contributed by atoms with Crippen LogP contribution >= 0.6 is 0 Å². The lowest BCUT2D eigenvalue weighted by atomic mass is 10.4. The Labute approximate surface area is 166 Å². The van der Waals surface area contributed by atoms with E-state index in [0.717, 1.165) is 44.1 Å². The molecule has 0 aliphatic carbocycles. The fourth-order valence-electron chi connectivity index (χ4n) is 0.984. The number of aliphatic carboxylic acids is 1. The molecule has 0 unspecified atom stereocenters. The van der Waals surface area contributed by atoms with Gasteiger partial charge in [0.1, 0.15) is 0 Å². The van der Waals surface area contributed by atoms with Crippen LogP contribution in [0.2, 0.25) is 0 Å². The molecule has 0 rings (SSSR count). The summed E-state index contributed by atoms with van der Waals surface area (Å²) in [4.78, 5) is 41.4. The molecule has 0 bridgehead atoms. The normalized spacial score (nSPS) is 9.00. The first-order chi connectivity index (χ1) is 13.1. The molecule has 0 aromatic rings. The highest BCUT2D eigenvalue weighted by atomic mass is 16.5. The van der Waals surface area contributed by atoms with Crippen LogP contribution in [-0.2, 0) is 33.4 Å². The van der Waals surface area contributed by atoms with Gasteiger partial charge in [-0.2, -0.15) is 0 Å². The second-order valence-corrected chi connectivity index (χ2v) is 5.24. The molecule has 0 fully saturated rings. The SMILES string of the molecule is C=C(C)C(=O)O.C=COC(C)=O.CCCCOC(=O)/C=C/C(=O)OCCCC. The highest BCUT2D eigenvalue weighted by Gasteiger charge is 2.00. The fraction of sp³-hybridized carbons (Fsp3) is 0.500. The van der Waals surface area contributed by atoms with Crippen molar-refractivity contribution in [1.29, 1.82) is 0 Å². The van der Waals surface area contributed by atoms with Crippen LogP contribution in [0.15, 0.2) is 37.1 Å². The molecule has 0 aliphatic heterocycles. The van der Waals surface area contributed by atoms with E-state index < -0.39 is 17.9 Å². The molecule has 0 atom stereocenters. The van der Waals surface area contributed by atoms with E-state index in [2.05, 4.69) is 17.9 Å². The van der Waals surface area contributed by atoms with Crippen LogP contribution in [0.4, 0.5) is 0 Å². The van der Waals surface area contributed by atoms with Crippen molar-refractivity contribution in [3.8, 4) is 0 Å². The van der Waals surface area contributed by atoms with Gasteiger partial charge in [0.2, 0.25) is 0 Å². The van der Waals surface area contributed by atoms with Crippen molar-refractivity contribution in [2.75, 3.05) is 13.2 Å². The first-order valence-corrected chi connectivity index (χ1v) is 8.80. The van der Waals surface area contributed by atoms with E-state index in [-0.39, 0.29) is 11.5 Å². The molecule has 0 heterocycles. The Morgan fingerprint density at radius 1 is 0.893 bits per heavy atom. The molecule has 28 heavy (non-hydrogen) atoms. The van der Waals surface area contributed by atoms with Gasteiger partial charge in [0.15, 0.2) is 0 Å². The average Bonchev–Trinajstić information content (AvgIpc) is 2.61. The predicted molar refractivity (Wildman–Crippen MR) is 105 cm³/mol. The minimum atomic E-state index is -0.935. The number of carboxylic acids is 1. The summed E-state index contributed by atoms with van der Waals surface area (Å²) in [5, 5.41) is 7.89. The van der Waals surface area contributed by atoms with E-state index in [9.17, 15) is 19.2 Å². The van der Waals surface area contributed by atoms with Crippen LogP contribution in [0, 0.1) is 0 Å². The van der Waals surface area contributed by atoms with Crippen LogP contribution in [-0.4, -0.2) is 42.2 Å². The number of carbonyl (C=O) groups excluding carboxylic acids is 3. The summed E-state index contributed by atoms with van der Waals surface area (Å²) < 4.78 is 13.8. The summed E-state index contributed by atoms with van der Waals surface area (Å²) >= 11 is 0. The zero-order chi connectivity index (χ0) is 22.4. The van der Waals surface area contributed by atoms with E-state index in [4.69, 9.17) is 14.6 Å². The molecule has 0 radical (unpaired) electrons. The van der Waals surface area contributed by atoms with Crippen LogP contribution in [0.25, 0.3) is 0 Å². The number of hydrogen-bond acceptors (Lipinski definition) is 7. The topological polar surface area (TPSA) is 116 Å². The number of unbranched alkanes of at least 4 members (excludes halogenated alkanes) is 2. The van der Waals surface area contributed by atoms with Gasteiger partial charge in [0, 0.05) is 24.6 Å². The van der Waals surface area contributed by atoms with E-state index >= 15 is 0 Å². The molecule has 8 nitrogen and oxygen atoms in total. The van der Waals surface area contributed by atoms with Gasteiger partial charge in [-0.15, -0.1) is 0 Å². The Kier molecular flexibility index (Phi) is 23.6. The highest BCUT2D eigenvalue weighted by molar-refractivity contribution is 5.91. The maximum absolute atomic E-state index is 11.0. The fourth-order valence-corrected chi connectivity index (χ4v) is 0.984. The number of ether oxygens (including phenoxy) is 3. The van der Waals surface area contributed by atoms with Gasteiger partial charge < -0.3 is 19.3 Å². The maximum atomic E-state index is 11.0. The molecule has 8 heteroatoms. The van der Waals surface area contributed by atoms with Gasteiger partial charge in [0.05, 0.1) is 19.5 Å². The van der Waals surface area contributed by atoms with E-state index in [1.807, 2.05) is 13.8 Å². The van der Waals surface area contributed by atoms with Crippen molar-refractivity contribution in [2.24, 2.45) is 0 Å². The van der Waals surface area contributed by atoms with Gasteiger partial charge in [-0.1, -0.05) is 39.8 Å². The minimum Gasteiger partial charge on any atom is -0.478 e. The molecule has 0 aromatic heterocycles. The Bertz CT molecular complexity index is 484. The summed E-state index contributed by atoms with van der Waals surface area (Å²) in [5.41, 5.74) is 0.176. The molecule has 0 spiro atoms. The predicted octanol–water partition coefficient (Wildman–Crippen LogP) is 3.57. The first-order valence-electron chi connectivity index (χ1n) is 8.80. The quantitative estimate of drug-likeness (QED) is 0.194. The third-order valence-electron chi connectivity index (χ3n) is 2.45. The third-order valence-corrected chi connectivity index (χ3v) is 2.45. The first kappa shape index (κ1) is 29.8. The van der Waals surface area contributed by atoms with Crippen molar-refractivity contribution < 1.29 is 38.5 Å². The maximum Gasteiger partial charge on any atom is 0.331 e. The Balaban J connectivity index is -0.000000426. The van der Waals surface area contributed by atoms with Crippen molar-refractivity contribution in [2.45, 2.75) is 53.4 Å². The minimum absolute atomic E-state index is 0.176. The Morgan fingerprint density at radius 3 is 1.43 bits per heavy atom. The van der Waals surface area contributed by atoms with Crippen LogP contribution in [0.1, 0.15) is 53.4 Å². The molecule has 0 saturated carbocycles.